The highest BCUT2D eigenvalue weighted by molar-refractivity contribution is 9.10. The number of halogens is 2. The summed E-state index contributed by atoms with van der Waals surface area (Å²) >= 11 is 6.99. The first-order valence-corrected chi connectivity index (χ1v) is 13.2. The first-order chi connectivity index (χ1) is 18.5. The maximum absolute atomic E-state index is 8.36. The smallest absolute Gasteiger partial charge is 0.290 e. The maximum atomic E-state index is 8.36. The average Bonchev–Trinajstić information content (AvgIpc) is 3.53. The number of anilines is 1. The molecule has 0 saturated heterocycles. The summed E-state index contributed by atoms with van der Waals surface area (Å²) in [6, 6.07) is 33.0. The van der Waals surface area contributed by atoms with Gasteiger partial charge in [-0.15, -0.1) is 0 Å². The second-order valence-corrected chi connectivity index (χ2v) is 10.3. The molecule has 0 saturated carbocycles. The molecule has 4 N–H and O–H groups in total. The van der Waals surface area contributed by atoms with E-state index in [1.165, 1.54) is 27.2 Å². The first kappa shape index (κ1) is 25.5. The number of aromatic amines is 1. The van der Waals surface area contributed by atoms with Gasteiger partial charge in [0.1, 0.15) is 6.33 Å². The van der Waals surface area contributed by atoms with Crippen LogP contribution in [0.1, 0.15) is 0 Å². The van der Waals surface area contributed by atoms with Gasteiger partial charge in [-0.1, -0.05) is 68.3 Å². The molecular weight excluding hydrogens is 608 g/mol. The summed E-state index contributed by atoms with van der Waals surface area (Å²) in [5.41, 5.74) is 13.4. The van der Waals surface area contributed by atoms with Crippen LogP contribution in [0.5, 0.6) is 0 Å². The molecule has 7 rings (SSSR count). The molecule has 0 amide bonds. The molecule has 4 aromatic carbocycles. The Morgan fingerprint density at radius 1 is 0.816 bits per heavy atom. The normalized spacial score (nSPS) is 10.7. The predicted molar refractivity (Wildman–Crippen MR) is 162 cm³/mol. The molecule has 188 valence electrons. The Bertz CT molecular complexity index is 1880. The largest absolute Gasteiger partial charge is 0.483 e. The van der Waals surface area contributed by atoms with Gasteiger partial charge in [0.15, 0.2) is 0 Å². The number of nitrogens with zero attached hydrogens (tertiary/aromatic N) is 2. The SMILES string of the molecule is Brc1ccc2ncn3c4ccccc4cc3c2c1.Nc1ccc(Br)cc1-c1cc2ccccc2[nH]1.O=CO. The number of nitrogens with one attached hydrogen (secondary N) is 1. The summed E-state index contributed by atoms with van der Waals surface area (Å²) in [5.74, 6) is 0. The van der Waals surface area contributed by atoms with E-state index < -0.39 is 0 Å². The Morgan fingerprint density at radius 3 is 2.29 bits per heavy atom. The van der Waals surface area contributed by atoms with Gasteiger partial charge in [-0.05, 0) is 60.7 Å². The van der Waals surface area contributed by atoms with Crippen molar-refractivity contribution in [2.24, 2.45) is 0 Å². The molecule has 0 aliphatic rings. The number of para-hydroxylation sites is 2. The number of rotatable bonds is 1. The van der Waals surface area contributed by atoms with Crippen LogP contribution in [-0.2, 0) is 4.79 Å². The lowest BCUT2D eigenvalue weighted by Gasteiger charge is -2.03. The van der Waals surface area contributed by atoms with Gasteiger partial charge in [0.2, 0.25) is 0 Å². The van der Waals surface area contributed by atoms with E-state index in [1.54, 1.807) is 0 Å². The topological polar surface area (TPSA) is 96.4 Å². The summed E-state index contributed by atoms with van der Waals surface area (Å²) in [4.78, 5) is 16.3. The second kappa shape index (κ2) is 11.1. The second-order valence-electron chi connectivity index (χ2n) is 8.47. The molecule has 0 radical (unpaired) electrons. The van der Waals surface area contributed by atoms with E-state index in [4.69, 9.17) is 15.6 Å². The minimum atomic E-state index is -0.250. The zero-order chi connectivity index (χ0) is 26.6. The van der Waals surface area contributed by atoms with Crippen molar-refractivity contribution in [1.82, 2.24) is 14.4 Å². The van der Waals surface area contributed by atoms with Gasteiger partial charge in [-0.2, -0.15) is 0 Å². The van der Waals surface area contributed by atoms with E-state index >= 15 is 0 Å². The highest BCUT2D eigenvalue weighted by Gasteiger charge is 2.08. The number of hydrogen-bond acceptors (Lipinski definition) is 3. The molecular formula is C30H22Br2N4O2. The third-order valence-corrected chi connectivity index (χ3v) is 7.12. The molecule has 0 unspecified atom stereocenters. The lowest BCUT2D eigenvalue weighted by molar-refractivity contribution is -0.122. The van der Waals surface area contributed by atoms with E-state index in [2.05, 4.69) is 101 Å². The van der Waals surface area contributed by atoms with E-state index in [1.807, 2.05) is 48.8 Å². The third kappa shape index (κ3) is 5.14. The molecule has 0 aliphatic heterocycles. The minimum Gasteiger partial charge on any atom is -0.483 e. The predicted octanol–water partition coefficient (Wildman–Crippen LogP) is 8.28. The molecule has 6 nitrogen and oxygen atoms in total. The number of H-pyrrole nitrogens is 1. The van der Waals surface area contributed by atoms with Gasteiger partial charge in [0.25, 0.3) is 6.47 Å². The first-order valence-electron chi connectivity index (χ1n) is 11.6. The van der Waals surface area contributed by atoms with Gasteiger partial charge in [0, 0.05) is 47.6 Å². The number of carbonyl (C=O) groups is 1. The molecule has 8 heteroatoms. The van der Waals surface area contributed by atoms with Crippen molar-refractivity contribution in [3.8, 4) is 11.3 Å². The summed E-state index contributed by atoms with van der Waals surface area (Å²) in [6.07, 6.45) is 1.90. The van der Waals surface area contributed by atoms with Gasteiger partial charge < -0.3 is 15.8 Å². The van der Waals surface area contributed by atoms with Gasteiger partial charge in [0.05, 0.1) is 16.6 Å². The number of carboxylic acid groups (broad SMARTS) is 1. The Hall–Kier alpha value is -4.14. The number of aromatic nitrogens is 3. The van der Waals surface area contributed by atoms with Crippen LogP contribution in [-0.4, -0.2) is 25.9 Å². The molecule has 0 fully saturated rings. The quantitative estimate of drug-likeness (QED) is 0.126. The van der Waals surface area contributed by atoms with Crippen LogP contribution in [0.2, 0.25) is 0 Å². The Labute approximate surface area is 235 Å². The number of benzene rings is 4. The Morgan fingerprint density at radius 2 is 1.50 bits per heavy atom. The van der Waals surface area contributed by atoms with Crippen molar-refractivity contribution in [2.45, 2.75) is 0 Å². The fraction of sp³-hybridized carbons (Fsp3) is 0. The maximum Gasteiger partial charge on any atom is 0.290 e. The molecule has 3 heterocycles. The zero-order valence-corrected chi connectivity index (χ0v) is 23.1. The Kier molecular flexibility index (Phi) is 7.44. The number of fused-ring (bicyclic) bond motifs is 6. The van der Waals surface area contributed by atoms with Crippen LogP contribution >= 0.6 is 31.9 Å². The van der Waals surface area contributed by atoms with Crippen molar-refractivity contribution in [2.75, 3.05) is 5.73 Å². The molecule has 0 bridgehead atoms. The lowest BCUT2D eigenvalue weighted by atomic mass is 10.1. The van der Waals surface area contributed by atoms with Crippen molar-refractivity contribution < 1.29 is 9.90 Å². The molecule has 3 aromatic heterocycles. The van der Waals surface area contributed by atoms with Crippen LogP contribution in [0.25, 0.3) is 49.5 Å². The highest BCUT2D eigenvalue weighted by Crippen LogP contribution is 2.31. The zero-order valence-electron chi connectivity index (χ0n) is 20.0. The van der Waals surface area contributed by atoms with Gasteiger partial charge >= 0.3 is 0 Å². The summed E-state index contributed by atoms with van der Waals surface area (Å²) in [7, 11) is 0. The number of hydrogen-bond donors (Lipinski definition) is 3. The molecule has 38 heavy (non-hydrogen) atoms. The van der Waals surface area contributed by atoms with Gasteiger partial charge in [-0.25, -0.2) is 4.98 Å². The van der Waals surface area contributed by atoms with Crippen molar-refractivity contribution in [3.05, 3.63) is 112 Å². The van der Waals surface area contributed by atoms with E-state index in [0.29, 0.717) is 0 Å². The fourth-order valence-electron chi connectivity index (χ4n) is 4.43. The average molecular weight is 630 g/mol. The van der Waals surface area contributed by atoms with Crippen molar-refractivity contribution >= 4 is 82.2 Å². The van der Waals surface area contributed by atoms with Gasteiger partial charge in [-0.3, -0.25) is 9.20 Å². The van der Waals surface area contributed by atoms with Crippen molar-refractivity contribution in [3.63, 3.8) is 0 Å². The number of nitrogens with two attached hydrogens (primary N) is 1. The Balaban J connectivity index is 0.000000141. The van der Waals surface area contributed by atoms with E-state index in [0.717, 1.165) is 36.9 Å². The monoisotopic (exact) mass is 628 g/mol. The third-order valence-electron chi connectivity index (χ3n) is 6.13. The number of nitrogen functional groups attached to an aromatic ring is 1. The standard InChI is InChI=1S/C15H9BrN2.C14H11BrN2.CH2O2/c16-11-5-6-13-12(8-11)15-7-10-3-1-2-4-14(10)18(15)9-17-13;15-10-5-6-12(16)11(8-10)14-7-9-3-1-2-4-13(9)17-14;2-1-3/h1-9H;1-8,17H,16H2;1H,(H,2,3). The molecule has 0 atom stereocenters. The van der Waals surface area contributed by atoms with Crippen LogP contribution in [0.4, 0.5) is 5.69 Å². The molecule has 0 aliphatic carbocycles. The summed E-state index contributed by atoms with van der Waals surface area (Å²) in [5, 5.41) is 10.5. The minimum absolute atomic E-state index is 0.250. The lowest BCUT2D eigenvalue weighted by Crippen LogP contribution is -1.89. The van der Waals surface area contributed by atoms with Crippen LogP contribution < -0.4 is 5.73 Å². The van der Waals surface area contributed by atoms with Crippen LogP contribution in [0.3, 0.4) is 0 Å². The summed E-state index contributed by atoms with van der Waals surface area (Å²) in [6.45, 7) is -0.250. The summed E-state index contributed by atoms with van der Waals surface area (Å²) < 4.78 is 4.25. The fourth-order valence-corrected chi connectivity index (χ4v) is 5.16. The highest BCUT2D eigenvalue weighted by atomic mass is 79.9. The molecule has 0 spiro atoms. The van der Waals surface area contributed by atoms with Crippen LogP contribution in [0.15, 0.2) is 112 Å². The van der Waals surface area contributed by atoms with E-state index in [9.17, 15) is 0 Å². The van der Waals surface area contributed by atoms with E-state index in [-0.39, 0.29) is 6.47 Å². The van der Waals surface area contributed by atoms with Crippen LogP contribution in [0, 0.1) is 0 Å². The van der Waals surface area contributed by atoms with Crippen molar-refractivity contribution in [1.29, 1.82) is 0 Å². The molecule has 7 aromatic rings.